The lowest BCUT2D eigenvalue weighted by atomic mass is 9.80. The molecule has 0 bridgehead atoms. The summed E-state index contributed by atoms with van der Waals surface area (Å²) in [4.78, 5) is 12.7. The fourth-order valence-corrected chi connectivity index (χ4v) is 2.74. The molecule has 0 aromatic heterocycles. The van der Waals surface area contributed by atoms with E-state index in [1.807, 2.05) is 6.07 Å². The van der Waals surface area contributed by atoms with Gasteiger partial charge in [0.05, 0.1) is 0 Å². The summed E-state index contributed by atoms with van der Waals surface area (Å²) in [6, 6.07) is 4.71. The number of carbonyl (C=O) groups is 1. The Morgan fingerprint density at radius 2 is 2.10 bits per heavy atom. The molecule has 114 valence electrons. The van der Waals surface area contributed by atoms with Crippen LogP contribution in [0.15, 0.2) is 24.3 Å². The first-order chi connectivity index (χ1) is 9.75. The average molecular weight is 291 g/mol. The van der Waals surface area contributed by atoms with Gasteiger partial charge in [-0.1, -0.05) is 20.8 Å². The summed E-state index contributed by atoms with van der Waals surface area (Å²) in [5.74, 6) is -0.787. The quantitative estimate of drug-likeness (QED) is 0.861. The Balaban J connectivity index is 2.19. The highest BCUT2D eigenvalue weighted by molar-refractivity contribution is 5.85. The summed E-state index contributed by atoms with van der Waals surface area (Å²) >= 11 is 0. The van der Waals surface area contributed by atoms with Crippen LogP contribution >= 0.6 is 0 Å². The molecule has 2 rings (SSSR count). The minimum absolute atomic E-state index is 0.244. The second-order valence-electron chi connectivity index (χ2n) is 6.71. The minimum Gasteiger partial charge on any atom is -0.478 e. The van der Waals surface area contributed by atoms with E-state index in [1.165, 1.54) is 18.2 Å². The zero-order valence-electron chi connectivity index (χ0n) is 12.8. The normalized spacial score (nSPS) is 19.4. The summed E-state index contributed by atoms with van der Waals surface area (Å²) < 4.78 is 13.7. The van der Waals surface area contributed by atoms with Gasteiger partial charge >= 0.3 is 5.97 Å². The van der Waals surface area contributed by atoms with Crippen molar-refractivity contribution in [2.45, 2.75) is 27.2 Å². The van der Waals surface area contributed by atoms with E-state index in [4.69, 9.17) is 5.11 Å². The monoisotopic (exact) mass is 291 g/mol. The fraction of sp³-hybridized carbons (Fsp3) is 0.471. The van der Waals surface area contributed by atoms with Crippen molar-refractivity contribution in [2.75, 3.05) is 18.0 Å². The Bertz CT molecular complexity index is 560. The van der Waals surface area contributed by atoms with E-state index in [0.29, 0.717) is 11.5 Å². The first-order valence-corrected chi connectivity index (χ1v) is 7.22. The van der Waals surface area contributed by atoms with Gasteiger partial charge in [-0.25, -0.2) is 9.18 Å². The van der Waals surface area contributed by atoms with Gasteiger partial charge in [0, 0.05) is 24.9 Å². The number of anilines is 1. The van der Waals surface area contributed by atoms with Crippen LogP contribution in [-0.4, -0.2) is 24.2 Å². The molecule has 0 aliphatic carbocycles. The van der Waals surface area contributed by atoms with Crippen LogP contribution in [0.3, 0.4) is 0 Å². The van der Waals surface area contributed by atoms with Crippen LogP contribution in [0.1, 0.15) is 32.8 Å². The predicted molar refractivity (Wildman–Crippen MR) is 82.8 cm³/mol. The largest absolute Gasteiger partial charge is 0.478 e. The lowest BCUT2D eigenvalue weighted by Gasteiger charge is -2.27. The molecule has 1 saturated heterocycles. The summed E-state index contributed by atoms with van der Waals surface area (Å²) in [5.41, 5.74) is 1.65. The Hall–Kier alpha value is -1.84. The molecule has 0 amide bonds. The molecule has 1 aromatic rings. The second-order valence-corrected chi connectivity index (χ2v) is 6.71. The molecular formula is C17H22FNO2. The summed E-state index contributed by atoms with van der Waals surface area (Å²) in [6.45, 7) is 8.51. The molecule has 1 unspecified atom stereocenters. The molecule has 1 aliphatic rings. The highest BCUT2D eigenvalue weighted by atomic mass is 19.1. The van der Waals surface area contributed by atoms with Crippen molar-refractivity contribution >= 4 is 17.7 Å². The standard InChI is InChI=1S/C17H22FNO2/c1-17(2,3)13-6-7-19(11-13)15-9-12(4-5-16(20)21)8-14(18)10-15/h4-5,8-10,13H,6-7,11H2,1-3H3,(H,20,21)/b5-4+. The van der Waals surface area contributed by atoms with E-state index in [9.17, 15) is 9.18 Å². The van der Waals surface area contributed by atoms with Crippen LogP contribution < -0.4 is 4.90 Å². The predicted octanol–water partition coefficient (Wildman–Crippen LogP) is 3.80. The molecule has 4 heteroatoms. The molecule has 1 atom stereocenters. The van der Waals surface area contributed by atoms with Gasteiger partial charge in [-0.3, -0.25) is 0 Å². The number of carboxylic acids is 1. The molecule has 21 heavy (non-hydrogen) atoms. The Labute approximate surface area is 125 Å². The van der Waals surface area contributed by atoms with Crippen molar-refractivity contribution in [1.82, 2.24) is 0 Å². The van der Waals surface area contributed by atoms with E-state index in [2.05, 4.69) is 25.7 Å². The van der Waals surface area contributed by atoms with Crippen molar-refractivity contribution in [3.05, 3.63) is 35.7 Å². The van der Waals surface area contributed by atoms with E-state index in [-0.39, 0.29) is 11.2 Å². The number of rotatable bonds is 3. The Kier molecular flexibility index (Phi) is 4.35. The number of halogens is 1. The molecule has 3 nitrogen and oxygen atoms in total. The average Bonchev–Trinajstić information content (AvgIpc) is 2.85. The number of hydrogen-bond donors (Lipinski definition) is 1. The molecule has 1 fully saturated rings. The first-order valence-electron chi connectivity index (χ1n) is 7.22. The second kappa shape index (κ2) is 5.88. The van der Waals surface area contributed by atoms with Crippen molar-refractivity contribution in [1.29, 1.82) is 0 Å². The van der Waals surface area contributed by atoms with Crippen molar-refractivity contribution in [2.24, 2.45) is 11.3 Å². The summed E-state index contributed by atoms with van der Waals surface area (Å²) in [5, 5.41) is 8.66. The van der Waals surface area contributed by atoms with Crippen LogP contribution in [-0.2, 0) is 4.79 Å². The van der Waals surface area contributed by atoms with Crippen LogP contribution in [0.2, 0.25) is 0 Å². The number of nitrogens with zero attached hydrogens (tertiary/aromatic N) is 1. The van der Waals surface area contributed by atoms with Gasteiger partial charge in [-0.05, 0) is 47.6 Å². The van der Waals surface area contributed by atoms with Gasteiger partial charge in [0.25, 0.3) is 0 Å². The maximum Gasteiger partial charge on any atom is 0.328 e. The van der Waals surface area contributed by atoms with Gasteiger partial charge in [0.1, 0.15) is 5.82 Å². The highest BCUT2D eigenvalue weighted by Gasteiger charge is 2.31. The third-order valence-electron chi connectivity index (χ3n) is 4.10. The number of carboxylic acid groups (broad SMARTS) is 1. The van der Waals surface area contributed by atoms with Gasteiger partial charge < -0.3 is 10.0 Å². The van der Waals surface area contributed by atoms with E-state index in [0.717, 1.165) is 31.3 Å². The smallest absolute Gasteiger partial charge is 0.328 e. The zero-order valence-corrected chi connectivity index (χ0v) is 12.8. The van der Waals surface area contributed by atoms with Gasteiger partial charge in [-0.15, -0.1) is 0 Å². The maximum absolute atomic E-state index is 13.7. The van der Waals surface area contributed by atoms with E-state index < -0.39 is 5.97 Å². The molecule has 1 aliphatic heterocycles. The molecule has 1 N–H and O–H groups in total. The van der Waals surface area contributed by atoms with Crippen LogP contribution in [0, 0.1) is 17.2 Å². The lowest BCUT2D eigenvalue weighted by Crippen LogP contribution is -2.25. The molecule has 1 aromatic carbocycles. The van der Waals surface area contributed by atoms with E-state index >= 15 is 0 Å². The van der Waals surface area contributed by atoms with E-state index in [1.54, 1.807) is 0 Å². The zero-order chi connectivity index (χ0) is 15.6. The van der Waals surface area contributed by atoms with Crippen LogP contribution in [0.4, 0.5) is 10.1 Å². The summed E-state index contributed by atoms with van der Waals surface area (Å²) in [6.07, 6.45) is 3.55. The SMILES string of the molecule is CC(C)(C)C1CCN(c2cc(F)cc(/C=C/C(=O)O)c2)C1. The van der Waals surface area contributed by atoms with Crippen LogP contribution in [0.25, 0.3) is 6.08 Å². The molecule has 0 spiro atoms. The fourth-order valence-electron chi connectivity index (χ4n) is 2.74. The van der Waals surface area contributed by atoms with Crippen molar-refractivity contribution in [3.8, 4) is 0 Å². The third kappa shape index (κ3) is 4.06. The summed E-state index contributed by atoms with van der Waals surface area (Å²) in [7, 11) is 0. The number of hydrogen-bond acceptors (Lipinski definition) is 2. The molecule has 0 radical (unpaired) electrons. The maximum atomic E-state index is 13.7. The Morgan fingerprint density at radius 1 is 1.38 bits per heavy atom. The van der Waals surface area contributed by atoms with Crippen molar-refractivity contribution in [3.63, 3.8) is 0 Å². The number of aliphatic carboxylic acids is 1. The molecule has 1 heterocycles. The van der Waals surface area contributed by atoms with Crippen molar-refractivity contribution < 1.29 is 14.3 Å². The van der Waals surface area contributed by atoms with Gasteiger partial charge in [-0.2, -0.15) is 0 Å². The molecule has 0 saturated carbocycles. The van der Waals surface area contributed by atoms with Gasteiger partial charge in [0.15, 0.2) is 0 Å². The van der Waals surface area contributed by atoms with Crippen LogP contribution in [0.5, 0.6) is 0 Å². The van der Waals surface area contributed by atoms with Gasteiger partial charge in [0.2, 0.25) is 0 Å². The number of benzene rings is 1. The Morgan fingerprint density at radius 3 is 2.67 bits per heavy atom. The molecular weight excluding hydrogens is 269 g/mol. The first kappa shape index (κ1) is 15.5. The lowest BCUT2D eigenvalue weighted by molar-refractivity contribution is -0.131. The minimum atomic E-state index is -1.03. The topological polar surface area (TPSA) is 40.5 Å². The third-order valence-corrected chi connectivity index (χ3v) is 4.10. The highest BCUT2D eigenvalue weighted by Crippen LogP contribution is 2.36.